The monoisotopic (exact) mass is 1260 g/mol. The number of benzene rings is 4. The van der Waals surface area contributed by atoms with E-state index >= 15 is 0 Å². The number of aromatic nitrogens is 2. The molecule has 2 fully saturated rings. The number of fused-ring (bicyclic) bond motifs is 4. The molecule has 0 N–H and O–H groups in total. The Kier molecular flexibility index (Phi) is 26.3. The molecule has 4 aromatic heterocycles. The average Bonchev–Trinajstić information content (AvgIpc) is 1.32. The fourth-order valence-electron chi connectivity index (χ4n) is 13.0. The summed E-state index contributed by atoms with van der Waals surface area (Å²) in [4.78, 5) is 61.5. The van der Waals surface area contributed by atoms with Crippen molar-refractivity contribution in [1.29, 1.82) is 0 Å². The summed E-state index contributed by atoms with van der Waals surface area (Å²) < 4.78 is 29.3. The van der Waals surface area contributed by atoms with Crippen LogP contribution in [0.5, 0.6) is 11.5 Å². The molecule has 0 aliphatic carbocycles. The lowest BCUT2D eigenvalue weighted by molar-refractivity contribution is -0.148. The van der Waals surface area contributed by atoms with Crippen molar-refractivity contribution in [3.8, 4) is 11.5 Å². The fraction of sp³-hybridized carbons (Fsp3) is 0.514. The smallest absolute Gasteiger partial charge is 0.307 e. The van der Waals surface area contributed by atoms with Gasteiger partial charge >= 0.3 is 11.9 Å². The first kappa shape index (κ1) is 66.2. The van der Waals surface area contributed by atoms with E-state index < -0.39 is 0 Å². The fourth-order valence-corrected chi connectivity index (χ4v) is 14.6. The van der Waals surface area contributed by atoms with Crippen molar-refractivity contribution in [2.45, 2.75) is 168 Å². The van der Waals surface area contributed by atoms with Crippen LogP contribution in [0.15, 0.2) is 130 Å². The van der Waals surface area contributed by atoms with Gasteiger partial charge in [-0.1, -0.05) is 115 Å². The van der Waals surface area contributed by atoms with Crippen LogP contribution < -0.4 is 30.4 Å². The summed E-state index contributed by atoms with van der Waals surface area (Å²) in [6.45, 7) is 11.5. The maximum atomic E-state index is 12.9. The van der Waals surface area contributed by atoms with E-state index in [1.165, 1.54) is 130 Å². The number of hydrogen-bond donors (Lipinski definition) is 0. The number of rotatable bonds is 39. The minimum Gasteiger partial charge on any atom is -0.494 e. The SMILES string of the molecule is O=C(CCCCCCCCCCCCCCCCCCCCC(=O)OCn1c(=O)ccc2ccc(OCCCCN3CCN(c4cccc5sccc45)CC3)cc21)OCn1c(=O)ccc2ccc(OCCCCN3CCN(c4cccc5sccc45)CC3)cc21. The summed E-state index contributed by atoms with van der Waals surface area (Å²) in [6, 6.07) is 36.0. The lowest BCUT2D eigenvalue weighted by Gasteiger charge is -2.36. The molecule has 2 aliphatic heterocycles. The zero-order chi connectivity index (χ0) is 62.0. The first-order chi connectivity index (χ1) is 44.3. The van der Waals surface area contributed by atoms with Crippen molar-refractivity contribution < 1.29 is 28.5 Å². The number of carbonyl (C=O) groups is 2. The van der Waals surface area contributed by atoms with Gasteiger partial charge in [0.25, 0.3) is 11.1 Å². The van der Waals surface area contributed by atoms with Crippen LogP contribution in [0.3, 0.4) is 0 Å². The molecule has 6 heterocycles. The third-order valence-electron chi connectivity index (χ3n) is 18.3. The summed E-state index contributed by atoms with van der Waals surface area (Å²) in [7, 11) is 0. The van der Waals surface area contributed by atoms with Gasteiger partial charge in [0.1, 0.15) is 11.5 Å². The van der Waals surface area contributed by atoms with Crippen molar-refractivity contribution in [2.75, 3.05) is 88.5 Å². The van der Waals surface area contributed by atoms with Crippen LogP contribution in [-0.4, -0.2) is 110 Å². The molecule has 4 aromatic carbocycles. The molecule has 2 aliphatic rings. The van der Waals surface area contributed by atoms with E-state index in [4.69, 9.17) is 18.9 Å². The Balaban J connectivity index is 0.486. The third kappa shape index (κ3) is 19.9. The highest BCUT2D eigenvalue weighted by Gasteiger charge is 2.21. The topological polar surface area (TPSA) is 128 Å². The molecule has 0 amide bonds. The first-order valence-electron chi connectivity index (χ1n) is 34.0. The van der Waals surface area contributed by atoms with E-state index in [1.807, 2.05) is 48.5 Å². The Morgan fingerprint density at radius 2 is 0.756 bits per heavy atom. The predicted octanol–water partition coefficient (Wildman–Crippen LogP) is 16.2. The van der Waals surface area contributed by atoms with E-state index in [1.54, 1.807) is 22.7 Å². The Morgan fingerprint density at radius 3 is 1.14 bits per heavy atom. The van der Waals surface area contributed by atoms with Gasteiger partial charge in [0.2, 0.25) is 0 Å². The second-order valence-corrected chi connectivity index (χ2v) is 26.7. The second-order valence-electron chi connectivity index (χ2n) is 24.8. The number of esters is 2. The van der Waals surface area contributed by atoms with Crippen LogP contribution in [0, 0.1) is 0 Å². The highest BCUT2D eigenvalue weighted by atomic mass is 32.1. The standard InChI is InChI=1S/C74H96N6O8S2/c81-71-37-33-59-31-35-61(85-51-21-19-41-75-43-47-77(48-44-75)65-25-23-27-69-63(65)39-53-89-69)55-67(59)79(71)57-87-73(83)29-17-15-13-11-9-7-5-3-1-2-4-6-8-10-12-14-16-18-30-74(84)88-58-80-68-56-62(36-32-60(68)34-38-72(80)82)86-52-22-20-42-76-45-49-78(50-46-76)66-26-24-28-70-64(66)40-54-90-70/h23-28,31-40,53-56H,1-22,29-30,41-52,57-58H2. The molecule has 0 spiro atoms. The van der Waals surface area contributed by atoms with E-state index in [2.05, 4.69) is 78.9 Å². The highest BCUT2D eigenvalue weighted by Crippen LogP contribution is 2.33. The average molecular weight is 1260 g/mol. The third-order valence-corrected chi connectivity index (χ3v) is 20.1. The number of nitrogens with zero attached hydrogens (tertiary/aromatic N) is 6. The molecular formula is C74H96N6O8S2. The molecule has 8 aromatic rings. The lowest BCUT2D eigenvalue weighted by Crippen LogP contribution is -2.46. The van der Waals surface area contributed by atoms with Gasteiger partial charge in [-0.2, -0.15) is 0 Å². The molecule has 10 rings (SSSR count). The van der Waals surface area contributed by atoms with Crippen molar-refractivity contribution in [3.05, 3.63) is 141 Å². The van der Waals surface area contributed by atoms with Crippen LogP contribution >= 0.6 is 22.7 Å². The molecule has 14 nitrogen and oxygen atoms in total. The minimum atomic E-state index is -0.266. The summed E-state index contributed by atoms with van der Waals surface area (Å²) in [5.41, 5.74) is 3.72. The highest BCUT2D eigenvalue weighted by molar-refractivity contribution is 7.17. The van der Waals surface area contributed by atoms with Crippen molar-refractivity contribution in [1.82, 2.24) is 18.9 Å². The van der Waals surface area contributed by atoms with Gasteiger partial charge in [-0.3, -0.25) is 38.1 Å². The second kappa shape index (κ2) is 35.8. The summed E-state index contributed by atoms with van der Waals surface area (Å²) in [5, 5.41) is 8.89. The number of hydrogen-bond acceptors (Lipinski definition) is 14. The molecule has 0 saturated carbocycles. The first-order valence-corrected chi connectivity index (χ1v) is 35.8. The van der Waals surface area contributed by atoms with Crippen LogP contribution in [0.4, 0.5) is 11.4 Å². The summed E-state index contributed by atoms with van der Waals surface area (Å²) >= 11 is 3.61. The Hall–Kier alpha value is -6.72. The Labute approximate surface area is 540 Å². The lowest BCUT2D eigenvalue weighted by atomic mass is 10.0. The van der Waals surface area contributed by atoms with Gasteiger partial charge in [0.15, 0.2) is 13.5 Å². The zero-order valence-electron chi connectivity index (χ0n) is 53.2. The van der Waals surface area contributed by atoms with Crippen LogP contribution in [0.25, 0.3) is 42.0 Å². The number of pyridine rings is 2. The number of piperazine rings is 2. The molecular weight excluding hydrogens is 1160 g/mol. The van der Waals surface area contributed by atoms with Crippen LogP contribution in [0.2, 0.25) is 0 Å². The maximum Gasteiger partial charge on any atom is 0.307 e. The molecule has 482 valence electrons. The largest absolute Gasteiger partial charge is 0.494 e. The summed E-state index contributed by atoms with van der Waals surface area (Å²) in [6.07, 6.45) is 25.8. The van der Waals surface area contributed by atoms with Crippen molar-refractivity contribution >= 4 is 88.0 Å². The number of anilines is 2. The van der Waals surface area contributed by atoms with Gasteiger partial charge in [-0.05, 0) is 146 Å². The number of ether oxygens (including phenoxy) is 4. The van der Waals surface area contributed by atoms with Crippen LogP contribution in [-0.2, 0) is 32.5 Å². The van der Waals surface area contributed by atoms with E-state index in [9.17, 15) is 19.2 Å². The summed E-state index contributed by atoms with van der Waals surface area (Å²) in [5.74, 6) is 0.894. The van der Waals surface area contributed by atoms with Crippen molar-refractivity contribution in [3.63, 3.8) is 0 Å². The molecule has 90 heavy (non-hydrogen) atoms. The Bertz CT molecular complexity index is 3380. The molecule has 0 radical (unpaired) electrons. The molecule has 2 saturated heterocycles. The number of thiophene rings is 2. The normalized spacial score (nSPS) is 14.1. The molecule has 0 unspecified atom stereocenters. The van der Waals surface area contributed by atoms with Crippen molar-refractivity contribution in [2.24, 2.45) is 0 Å². The van der Waals surface area contributed by atoms with Gasteiger partial charge in [-0.15, -0.1) is 22.7 Å². The quantitative estimate of drug-likeness (QED) is 0.0269. The molecule has 0 atom stereocenters. The van der Waals surface area contributed by atoms with Gasteiger partial charge in [-0.25, -0.2) is 0 Å². The Morgan fingerprint density at radius 1 is 0.389 bits per heavy atom. The van der Waals surface area contributed by atoms with Gasteiger partial charge < -0.3 is 28.7 Å². The predicted molar refractivity (Wildman–Crippen MR) is 371 cm³/mol. The van der Waals surface area contributed by atoms with Crippen LogP contribution in [0.1, 0.15) is 154 Å². The van der Waals surface area contributed by atoms with Gasteiger partial charge in [0, 0.05) is 121 Å². The zero-order valence-corrected chi connectivity index (χ0v) is 54.8. The van der Waals surface area contributed by atoms with E-state index in [-0.39, 0.29) is 36.5 Å². The minimum absolute atomic E-state index is 0.103. The van der Waals surface area contributed by atoms with E-state index in [0.717, 1.165) is 140 Å². The molecule has 0 bridgehead atoms. The number of carbonyl (C=O) groups excluding carboxylic acids is 2. The van der Waals surface area contributed by atoms with Gasteiger partial charge in [0.05, 0.1) is 24.2 Å². The maximum absolute atomic E-state index is 12.9. The van der Waals surface area contributed by atoms with E-state index in [0.29, 0.717) is 48.6 Å². The number of unbranched alkanes of at least 4 members (excludes halogenated alkanes) is 19. The molecule has 16 heteroatoms.